The van der Waals surface area contributed by atoms with Crippen LogP contribution in [0.3, 0.4) is 0 Å². The number of aromatic nitrogens is 1. The number of aromatic amines is 1. The number of hydrogen-bond donors (Lipinski definition) is 2. The molecule has 8 heteroatoms. The van der Waals surface area contributed by atoms with Gasteiger partial charge in [0.15, 0.2) is 0 Å². The highest BCUT2D eigenvalue weighted by Gasteiger charge is 2.46. The minimum atomic E-state index is -5.06. The first-order chi connectivity index (χ1) is 10.1. The zero-order chi connectivity index (χ0) is 16.3. The molecule has 2 aromatic rings. The number of H-pyrrole nitrogens is 1. The second-order valence-corrected chi connectivity index (χ2v) is 5.40. The molecule has 0 amide bonds. The smallest absolute Gasteiger partial charge is 0.361 e. The molecule has 1 unspecified atom stereocenters. The van der Waals surface area contributed by atoms with Crippen molar-refractivity contribution in [1.82, 2.24) is 10.3 Å². The zero-order valence-corrected chi connectivity index (χ0v) is 11.4. The van der Waals surface area contributed by atoms with Crippen LogP contribution >= 0.6 is 0 Å². The summed E-state index contributed by atoms with van der Waals surface area (Å²) in [5.74, 6) is 0. The lowest BCUT2D eigenvalue weighted by atomic mass is 9.84. The molecular weight excluding hydrogens is 310 g/mol. The van der Waals surface area contributed by atoms with Crippen LogP contribution in [-0.4, -0.2) is 18.1 Å². The number of benzene rings is 1. The Morgan fingerprint density at radius 2 is 1.77 bits per heavy atom. The third kappa shape index (κ3) is 2.25. The molecule has 0 radical (unpaired) electrons. The molecule has 0 saturated heterocycles. The fraction of sp³-hybridized carbons (Fsp3) is 0.429. The summed E-state index contributed by atoms with van der Waals surface area (Å²) in [6, 6.07) is 0.237. The standard InChI is InChI=1S/C14H12F6N2/c1-21-7-2-6-5-22-10-4-9(13(15,16)17)12(14(18,19)20)8(3-7)11(6)10/h4-5,7,21-22H,2-3H2,1H3. The van der Waals surface area contributed by atoms with E-state index < -0.39 is 23.5 Å². The minimum Gasteiger partial charge on any atom is -0.361 e. The van der Waals surface area contributed by atoms with E-state index in [-0.39, 0.29) is 28.9 Å². The summed E-state index contributed by atoms with van der Waals surface area (Å²) >= 11 is 0. The van der Waals surface area contributed by atoms with Gasteiger partial charge in [0.2, 0.25) is 0 Å². The summed E-state index contributed by atoms with van der Waals surface area (Å²) in [6.07, 6.45) is -8.24. The lowest BCUT2D eigenvalue weighted by molar-refractivity contribution is -0.162. The number of hydrogen-bond acceptors (Lipinski definition) is 1. The molecule has 1 aliphatic rings. The molecule has 120 valence electrons. The van der Waals surface area contributed by atoms with Gasteiger partial charge in [-0.1, -0.05) is 0 Å². The number of likely N-dealkylation sites (N-methyl/N-ethyl adjacent to an activating group) is 1. The second kappa shape index (κ2) is 4.65. The average molecular weight is 322 g/mol. The molecule has 0 spiro atoms. The van der Waals surface area contributed by atoms with Crippen LogP contribution in [0.25, 0.3) is 10.9 Å². The Hall–Kier alpha value is -1.70. The Bertz CT molecular complexity index is 725. The zero-order valence-electron chi connectivity index (χ0n) is 11.4. The SMILES string of the molecule is CNC1Cc2c[nH]c3cc(C(F)(F)F)c(C(F)(F)F)c(c23)C1. The van der Waals surface area contributed by atoms with Gasteiger partial charge in [-0.3, -0.25) is 0 Å². The van der Waals surface area contributed by atoms with E-state index in [9.17, 15) is 26.3 Å². The fourth-order valence-electron chi connectivity index (χ4n) is 3.16. The second-order valence-electron chi connectivity index (χ2n) is 5.40. The van der Waals surface area contributed by atoms with E-state index in [1.165, 1.54) is 6.20 Å². The van der Waals surface area contributed by atoms with Gasteiger partial charge in [0.1, 0.15) is 0 Å². The van der Waals surface area contributed by atoms with Gasteiger partial charge in [-0.2, -0.15) is 26.3 Å². The molecule has 2 N–H and O–H groups in total. The van der Waals surface area contributed by atoms with E-state index in [0.717, 1.165) is 0 Å². The lowest BCUT2D eigenvalue weighted by Crippen LogP contribution is -2.34. The lowest BCUT2D eigenvalue weighted by Gasteiger charge is -2.27. The van der Waals surface area contributed by atoms with Gasteiger partial charge in [0, 0.05) is 23.1 Å². The van der Waals surface area contributed by atoms with Crippen LogP contribution in [0.4, 0.5) is 26.3 Å². The Kier molecular flexibility index (Phi) is 3.21. The molecule has 1 aromatic carbocycles. The van der Waals surface area contributed by atoms with Crippen molar-refractivity contribution in [3.8, 4) is 0 Å². The van der Waals surface area contributed by atoms with Crippen LogP contribution < -0.4 is 5.32 Å². The first-order valence-corrected chi connectivity index (χ1v) is 6.60. The molecule has 0 aliphatic heterocycles. The van der Waals surface area contributed by atoms with Crippen molar-refractivity contribution in [2.75, 3.05) is 7.05 Å². The predicted molar refractivity (Wildman–Crippen MR) is 68.6 cm³/mol. The molecule has 2 nitrogen and oxygen atoms in total. The quantitative estimate of drug-likeness (QED) is 0.766. The summed E-state index contributed by atoms with van der Waals surface area (Å²) in [5, 5.41) is 3.12. The maximum absolute atomic E-state index is 13.3. The van der Waals surface area contributed by atoms with E-state index in [2.05, 4.69) is 10.3 Å². The topological polar surface area (TPSA) is 27.8 Å². The van der Waals surface area contributed by atoms with Crippen LogP contribution in [0.15, 0.2) is 12.3 Å². The first-order valence-electron chi connectivity index (χ1n) is 6.60. The summed E-state index contributed by atoms with van der Waals surface area (Å²) < 4.78 is 79.2. The van der Waals surface area contributed by atoms with Gasteiger partial charge in [0.05, 0.1) is 11.1 Å². The number of rotatable bonds is 1. The summed E-state index contributed by atoms with van der Waals surface area (Å²) in [6.45, 7) is 0. The molecule has 0 fully saturated rings. The van der Waals surface area contributed by atoms with E-state index >= 15 is 0 Å². The van der Waals surface area contributed by atoms with Crippen LogP contribution in [0.2, 0.25) is 0 Å². The Morgan fingerprint density at radius 3 is 2.32 bits per heavy atom. The molecule has 3 rings (SSSR count). The van der Waals surface area contributed by atoms with E-state index in [4.69, 9.17) is 0 Å². The Labute approximate surface area is 121 Å². The third-order valence-corrected chi connectivity index (χ3v) is 4.07. The van der Waals surface area contributed by atoms with Crippen molar-refractivity contribution in [3.05, 3.63) is 34.5 Å². The minimum absolute atomic E-state index is 0.0867. The van der Waals surface area contributed by atoms with Gasteiger partial charge in [-0.05, 0) is 37.1 Å². The Balaban J connectivity index is 2.40. The highest BCUT2D eigenvalue weighted by atomic mass is 19.4. The largest absolute Gasteiger partial charge is 0.417 e. The predicted octanol–water partition coefficient (Wildman–Crippen LogP) is 3.89. The third-order valence-electron chi connectivity index (χ3n) is 4.07. The van der Waals surface area contributed by atoms with Crippen molar-refractivity contribution >= 4 is 10.9 Å². The highest BCUT2D eigenvalue weighted by Crippen LogP contribution is 2.46. The summed E-state index contributed by atoms with van der Waals surface area (Å²) in [5.41, 5.74) is -2.77. The summed E-state index contributed by atoms with van der Waals surface area (Å²) in [4.78, 5) is 2.66. The molecule has 22 heavy (non-hydrogen) atoms. The van der Waals surface area contributed by atoms with Crippen molar-refractivity contribution < 1.29 is 26.3 Å². The maximum Gasteiger partial charge on any atom is 0.417 e. The molecule has 1 atom stereocenters. The van der Waals surface area contributed by atoms with Gasteiger partial charge in [-0.15, -0.1) is 0 Å². The van der Waals surface area contributed by atoms with Gasteiger partial charge < -0.3 is 10.3 Å². The average Bonchev–Trinajstić information content (AvgIpc) is 2.80. The molecule has 0 saturated carbocycles. The van der Waals surface area contributed by atoms with Crippen LogP contribution in [0, 0.1) is 0 Å². The highest BCUT2D eigenvalue weighted by molar-refractivity contribution is 5.90. The van der Waals surface area contributed by atoms with Crippen molar-refractivity contribution in [1.29, 1.82) is 0 Å². The number of alkyl halides is 6. The number of halogens is 6. The Morgan fingerprint density at radius 1 is 1.09 bits per heavy atom. The monoisotopic (exact) mass is 322 g/mol. The summed E-state index contributed by atoms with van der Waals surface area (Å²) in [7, 11) is 1.58. The van der Waals surface area contributed by atoms with E-state index in [1.807, 2.05) is 0 Å². The van der Waals surface area contributed by atoms with E-state index in [0.29, 0.717) is 18.1 Å². The normalized spacial score (nSPS) is 19.0. The molecule has 1 aliphatic carbocycles. The first kappa shape index (κ1) is 15.2. The van der Waals surface area contributed by atoms with Crippen LogP contribution in [0.5, 0.6) is 0 Å². The van der Waals surface area contributed by atoms with Crippen LogP contribution in [-0.2, 0) is 25.2 Å². The molecule has 1 aromatic heterocycles. The van der Waals surface area contributed by atoms with Gasteiger partial charge in [-0.25, -0.2) is 0 Å². The van der Waals surface area contributed by atoms with Crippen molar-refractivity contribution in [2.45, 2.75) is 31.2 Å². The van der Waals surface area contributed by atoms with Crippen LogP contribution in [0.1, 0.15) is 22.3 Å². The number of nitrogens with one attached hydrogen (secondary N) is 2. The van der Waals surface area contributed by atoms with Crippen molar-refractivity contribution in [2.24, 2.45) is 0 Å². The van der Waals surface area contributed by atoms with Crippen molar-refractivity contribution in [3.63, 3.8) is 0 Å². The molecular formula is C14H12F6N2. The fourth-order valence-corrected chi connectivity index (χ4v) is 3.16. The van der Waals surface area contributed by atoms with E-state index in [1.54, 1.807) is 7.05 Å². The maximum atomic E-state index is 13.3. The van der Waals surface area contributed by atoms with Gasteiger partial charge >= 0.3 is 12.4 Å². The molecule has 1 heterocycles. The van der Waals surface area contributed by atoms with Gasteiger partial charge in [0.25, 0.3) is 0 Å². The molecule has 0 bridgehead atoms.